The number of carboxylic acids is 1. The summed E-state index contributed by atoms with van der Waals surface area (Å²) in [5, 5.41) is 8.82. The molecule has 6 heteroatoms. The van der Waals surface area contributed by atoms with Gasteiger partial charge in [0.25, 0.3) is 5.91 Å². The van der Waals surface area contributed by atoms with Crippen LogP contribution in [0.5, 0.6) is 0 Å². The van der Waals surface area contributed by atoms with Crippen LogP contribution < -0.4 is 0 Å². The van der Waals surface area contributed by atoms with Crippen molar-refractivity contribution in [3.8, 4) is 11.1 Å². The Morgan fingerprint density at radius 2 is 1.78 bits per heavy atom. The second kappa shape index (κ2) is 8.29. The molecule has 1 atom stereocenters. The van der Waals surface area contributed by atoms with Crippen LogP contribution in [-0.4, -0.2) is 35.0 Å². The van der Waals surface area contributed by atoms with Crippen LogP contribution in [0, 0.1) is 17.6 Å². The minimum atomic E-state index is -0.846. The Hall–Kier alpha value is -2.76. The molecule has 1 fully saturated rings. The number of amides is 1. The van der Waals surface area contributed by atoms with E-state index in [0.29, 0.717) is 30.6 Å². The van der Waals surface area contributed by atoms with Gasteiger partial charge in [0.15, 0.2) is 0 Å². The van der Waals surface area contributed by atoms with Crippen molar-refractivity contribution in [1.82, 2.24) is 4.90 Å². The lowest BCUT2D eigenvalue weighted by atomic mass is 9.93. The molecule has 3 rings (SSSR count). The molecule has 2 aromatic rings. The fourth-order valence-corrected chi connectivity index (χ4v) is 3.49. The molecule has 142 valence electrons. The number of benzene rings is 2. The molecule has 0 saturated carbocycles. The van der Waals surface area contributed by atoms with Crippen molar-refractivity contribution in [2.45, 2.75) is 25.7 Å². The van der Waals surface area contributed by atoms with E-state index in [2.05, 4.69) is 0 Å². The van der Waals surface area contributed by atoms with E-state index in [0.717, 1.165) is 12.8 Å². The number of nitrogens with zero attached hydrogens (tertiary/aromatic N) is 1. The monoisotopic (exact) mass is 373 g/mol. The molecule has 1 aliphatic rings. The highest BCUT2D eigenvalue weighted by atomic mass is 19.1. The number of likely N-dealkylation sites (tertiary alicyclic amines) is 1. The van der Waals surface area contributed by atoms with Crippen molar-refractivity contribution in [3.63, 3.8) is 0 Å². The van der Waals surface area contributed by atoms with E-state index in [-0.39, 0.29) is 29.6 Å². The van der Waals surface area contributed by atoms with Gasteiger partial charge in [0, 0.05) is 19.5 Å². The molecule has 0 aliphatic carbocycles. The van der Waals surface area contributed by atoms with Crippen molar-refractivity contribution >= 4 is 11.9 Å². The van der Waals surface area contributed by atoms with Gasteiger partial charge in [-0.3, -0.25) is 9.59 Å². The molecule has 1 saturated heterocycles. The van der Waals surface area contributed by atoms with Crippen LogP contribution in [0.15, 0.2) is 42.5 Å². The molecule has 1 heterocycles. The van der Waals surface area contributed by atoms with Crippen LogP contribution in [0.1, 0.15) is 36.0 Å². The maximum Gasteiger partial charge on any atom is 0.303 e. The highest BCUT2D eigenvalue weighted by Gasteiger charge is 2.26. The lowest BCUT2D eigenvalue weighted by Gasteiger charge is -2.32. The van der Waals surface area contributed by atoms with Gasteiger partial charge in [0.05, 0.1) is 5.56 Å². The van der Waals surface area contributed by atoms with Crippen LogP contribution in [-0.2, 0) is 4.79 Å². The summed E-state index contributed by atoms with van der Waals surface area (Å²) in [6.07, 6.45) is 2.26. The predicted octanol–water partition coefficient (Wildman–Crippen LogP) is 4.35. The first kappa shape index (κ1) is 19.0. The normalized spacial score (nSPS) is 17.0. The van der Waals surface area contributed by atoms with Crippen LogP contribution in [0.3, 0.4) is 0 Å². The van der Waals surface area contributed by atoms with Gasteiger partial charge in [-0.1, -0.05) is 18.2 Å². The topological polar surface area (TPSA) is 57.6 Å². The average Bonchev–Trinajstić information content (AvgIpc) is 2.66. The number of carbonyl (C=O) groups is 2. The van der Waals surface area contributed by atoms with Crippen molar-refractivity contribution in [1.29, 1.82) is 0 Å². The number of aliphatic carboxylic acids is 1. The second-order valence-electron chi connectivity index (χ2n) is 6.89. The first-order valence-corrected chi connectivity index (χ1v) is 9.00. The molecule has 1 N–H and O–H groups in total. The number of rotatable bonds is 5. The predicted molar refractivity (Wildman–Crippen MR) is 97.3 cm³/mol. The zero-order valence-corrected chi connectivity index (χ0v) is 14.8. The van der Waals surface area contributed by atoms with Crippen LogP contribution in [0.25, 0.3) is 11.1 Å². The summed E-state index contributed by atoms with van der Waals surface area (Å²) in [7, 11) is 0. The van der Waals surface area contributed by atoms with Gasteiger partial charge in [-0.25, -0.2) is 8.78 Å². The zero-order valence-electron chi connectivity index (χ0n) is 14.8. The third-order valence-corrected chi connectivity index (χ3v) is 4.95. The molecule has 0 bridgehead atoms. The minimum absolute atomic E-state index is 0.000235. The first-order valence-electron chi connectivity index (χ1n) is 9.00. The standard InChI is InChI=1S/C21H21F2NO3/c22-17-7-4-15(5-8-17)16-6-9-18(19(23)12-16)21(27)24-11-1-2-14(13-24)3-10-20(25)26/h4-9,12,14H,1-3,10-11,13H2,(H,25,26). The zero-order chi connectivity index (χ0) is 19.4. The average molecular weight is 373 g/mol. The van der Waals surface area contributed by atoms with E-state index in [1.807, 2.05) is 0 Å². The van der Waals surface area contributed by atoms with Crippen molar-refractivity contribution < 1.29 is 23.5 Å². The number of hydrogen-bond acceptors (Lipinski definition) is 2. The maximum atomic E-state index is 14.6. The molecule has 0 radical (unpaired) electrons. The Labute approximate surface area is 156 Å². The van der Waals surface area contributed by atoms with E-state index in [1.54, 1.807) is 23.1 Å². The Balaban J connectivity index is 1.72. The molecule has 2 aromatic carbocycles. The van der Waals surface area contributed by atoms with Gasteiger partial charge >= 0.3 is 5.97 Å². The fraction of sp³-hybridized carbons (Fsp3) is 0.333. The van der Waals surface area contributed by atoms with Gasteiger partial charge in [-0.05, 0) is 60.6 Å². The van der Waals surface area contributed by atoms with E-state index in [4.69, 9.17) is 5.11 Å². The van der Waals surface area contributed by atoms with Gasteiger partial charge < -0.3 is 10.0 Å². The van der Waals surface area contributed by atoms with E-state index < -0.39 is 11.8 Å². The van der Waals surface area contributed by atoms with Crippen molar-refractivity contribution in [2.24, 2.45) is 5.92 Å². The number of carboxylic acid groups (broad SMARTS) is 1. The Morgan fingerprint density at radius 3 is 2.44 bits per heavy atom. The van der Waals surface area contributed by atoms with E-state index in [9.17, 15) is 18.4 Å². The number of piperidine rings is 1. The molecule has 1 aliphatic heterocycles. The Kier molecular flexibility index (Phi) is 5.84. The van der Waals surface area contributed by atoms with Crippen LogP contribution in [0.4, 0.5) is 8.78 Å². The fourth-order valence-electron chi connectivity index (χ4n) is 3.49. The van der Waals surface area contributed by atoms with E-state index in [1.165, 1.54) is 24.3 Å². The number of carbonyl (C=O) groups excluding carboxylic acids is 1. The second-order valence-corrected chi connectivity index (χ2v) is 6.89. The van der Waals surface area contributed by atoms with Gasteiger partial charge in [0.2, 0.25) is 0 Å². The maximum absolute atomic E-state index is 14.6. The van der Waals surface area contributed by atoms with Gasteiger partial charge in [0.1, 0.15) is 11.6 Å². The molecule has 4 nitrogen and oxygen atoms in total. The third-order valence-electron chi connectivity index (χ3n) is 4.95. The van der Waals surface area contributed by atoms with Gasteiger partial charge in [-0.2, -0.15) is 0 Å². The smallest absolute Gasteiger partial charge is 0.303 e. The quantitative estimate of drug-likeness (QED) is 0.848. The van der Waals surface area contributed by atoms with Crippen molar-refractivity contribution in [3.05, 3.63) is 59.7 Å². The summed E-state index contributed by atoms with van der Waals surface area (Å²) < 4.78 is 27.6. The highest BCUT2D eigenvalue weighted by Crippen LogP contribution is 2.26. The minimum Gasteiger partial charge on any atom is -0.481 e. The van der Waals surface area contributed by atoms with Crippen LogP contribution >= 0.6 is 0 Å². The molecular formula is C21H21F2NO3. The lowest BCUT2D eigenvalue weighted by Crippen LogP contribution is -2.40. The van der Waals surface area contributed by atoms with E-state index >= 15 is 0 Å². The summed E-state index contributed by atoms with van der Waals surface area (Å²) in [6, 6.07) is 10.1. The summed E-state index contributed by atoms with van der Waals surface area (Å²) in [5.41, 5.74) is 1.24. The number of halogens is 2. The molecule has 1 amide bonds. The molecule has 27 heavy (non-hydrogen) atoms. The molecule has 0 aromatic heterocycles. The van der Waals surface area contributed by atoms with Gasteiger partial charge in [-0.15, -0.1) is 0 Å². The number of hydrogen-bond donors (Lipinski definition) is 1. The largest absolute Gasteiger partial charge is 0.481 e. The lowest BCUT2D eigenvalue weighted by molar-refractivity contribution is -0.137. The summed E-state index contributed by atoms with van der Waals surface area (Å²) in [5.74, 6) is -2.08. The van der Waals surface area contributed by atoms with Crippen LogP contribution in [0.2, 0.25) is 0 Å². The molecule has 0 spiro atoms. The summed E-state index contributed by atoms with van der Waals surface area (Å²) in [6.45, 7) is 0.993. The molecular weight excluding hydrogens is 352 g/mol. The first-order chi connectivity index (χ1) is 12.9. The Morgan fingerprint density at radius 1 is 1.07 bits per heavy atom. The summed E-state index contributed by atoms with van der Waals surface area (Å²) in [4.78, 5) is 25.1. The summed E-state index contributed by atoms with van der Waals surface area (Å²) >= 11 is 0. The molecule has 1 unspecified atom stereocenters. The highest BCUT2D eigenvalue weighted by molar-refractivity contribution is 5.95. The Bertz CT molecular complexity index is 836. The third kappa shape index (κ3) is 4.70. The SMILES string of the molecule is O=C(O)CCC1CCCN(C(=O)c2ccc(-c3ccc(F)cc3)cc2F)C1. The van der Waals surface area contributed by atoms with Crippen molar-refractivity contribution in [2.75, 3.05) is 13.1 Å².